The van der Waals surface area contributed by atoms with Gasteiger partial charge in [-0.3, -0.25) is 4.31 Å². The number of thiophene rings is 1. The van der Waals surface area contributed by atoms with E-state index in [9.17, 15) is 13.5 Å². The van der Waals surface area contributed by atoms with Gasteiger partial charge in [0.05, 0.1) is 30.0 Å². The predicted molar refractivity (Wildman–Crippen MR) is 151 cm³/mol. The number of thiazole rings is 1. The van der Waals surface area contributed by atoms with Crippen LogP contribution in [0.1, 0.15) is 37.5 Å². The van der Waals surface area contributed by atoms with Crippen molar-refractivity contribution in [3.63, 3.8) is 0 Å². The molecule has 4 aromatic rings. The molecule has 0 radical (unpaired) electrons. The summed E-state index contributed by atoms with van der Waals surface area (Å²) in [5, 5.41) is 13.4. The first-order valence-electron chi connectivity index (χ1n) is 12.8. The summed E-state index contributed by atoms with van der Waals surface area (Å²) in [7, 11) is -3.74. The van der Waals surface area contributed by atoms with Gasteiger partial charge in [-0.1, -0.05) is 31.0 Å². The van der Waals surface area contributed by atoms with E-state index in [0.29, 0.717) is 34.9 Å². The standard InChI is InChI=1S/C27H33N3O4S3/c1-2-34-13-12-30(37(32,33)25-11-6-14-35-25)24-10-5-9-20-16-23(29-26(20)24)27-28-17-22(36-27)15-19-7-3-4-8-21(19)18-31/h5-6,9-11,14,16-17,19,21,29,31H,2-4,7-8,12-13,15,18H2,1H3. The van der Waals surface area contributed by atoms with Crippen molar-refractivity contribution in [1.82, 2.24) is 9.97 Å². The maximum Gasteiger partial charge on any atom is 0.273 e. The van der Waals surface area contributed by atoms with Crippen LogP contribution in [-0.2, 0) is 21.2 Å². The third kappa shape index (κ3) is 5.63. The summed E-state index contributed by atoms with van der Waals surface area (Å²) in [6.07, 6.45) is 7.59. The van der Waals surface area contributed by atoms with Crippen LogP contribution < -0.4 is 4.31 Å². The summed E-state index contributed by atoms with van der Waals surface area (Å²) in [6.45, 7) is 3.20. The number of aromatic amines is 1. The van der Waals surface area contributed by atoms with Crippen molar-refractivity contribution in [2.24, 2.45) is 11.8 Å². The van der Waals surface area contributed by atoms with Crippen LogP contribution in [0.4, 0.5) is 5.69 Å². The molecular formula is C27H33N3O4S3. The van der Waals surface area contributed by atoms with Crippen molar-refractivity contribution in [3.8, 4) is 10.7 Å². The average Bonchev–Trinajstić information content (AvgIpc) is 3.67. The van der Waals surface area contributed by atoms with Crippen LogP contribution in [0.15, 0.2) is 52.2 Å². The summed E-state index contributed by atoms with van der Waals surface area (Å²) in [6, 6.07) is 11.1. The minimum atomic E-state index is -3.74. The quantitative estimate of drug-likeness (QED) is 0.222. The lowest BCUT2D eigenvalue weighted by Gasteiger charge is -2.29. The lowest BCUT2D eigenvalue weighted by Crippen LogP contribution is -2.34. The molecule has 1 aliphatic carbocycles. The van der Waals surface area contributed by atoms with Crippen molar-refractivity contribution in [1.29, 1.82) is 0 Å². The van der Waals surface area contributed by atoms with Gasteiger partial charge >= 0.3 is 0 Å². The second-order valence-corrected chi connectivity index (χ2v) is 13.6. The summed E-state index contributed by atoms with van der Waals surface area (Å²) in [4.78, 5) is 9.39. The highest BCUT2D eigenvalue weighted by molar-refractivity contribution is 7.94. The third-order valence-corrected chi connectivity index (χ3v) is 11.4. The fourth-order valence-electron chi connectivity index (χ4n) is 5.22. The maximum atomic E-state index is 13.6. The SMILES string of the molecule is CCOCCN(c1cccc2cc(-c3ncc(CC4CCCCC4CO)s3)[nH]c12)S(=O)(=O)c1cccs1. The monoisotopic (exact) mass is 559 g/mol. The van der Waals surface area contributed by atoms with Gasteiger partial charge < -0.3 is 14.8 Å². The number of aliphatic hydroxyl groups is 1. The largest absolute Gasteiger partial charge is 0.396 e. The number of nitrogens with one attached hydrogen (secondary N) is 1. The number of anilines is 1. The molecular weight excluding hydrogens is 527 g/mol. The van der Waals surface area contributed by atoms with E-state index >= 15 is 0 Å². The number of ether oxygens (including phenoxy) is 1. The highest BCUT2D eigenvalue weighted by atomic mass is 32.2. The lowest BCUT2D eigenvalue weighted by atomic mass is 9.78. The second-order valence-electron chi connectivity index (χ2n) is 9.45. The lowest BCUT2D eigenvalue weighted by molar-refractivity contribution is 0.135. The molecule has 0 bridgehead atoms. The molecule has 3 aromatic heterocycles. The van der Waals surface area contributed by atoms with E-state index in [2.05, 4.69) is 4.98 Å². The van der Waals surface area contributed by atoms with Crippen LogP contribution in [0.3, 0.4) is 0 Å². The number of aromatic nitrogens is 2. The minimum absolute atomic E-state index is 0.219. The molecule has 5 rings (SSSR count). The Balaban J connectivity index is 1.46. The van der Waals surface area contributed by atoms with Crippen LogP contribution in [-0.4, -0.2) is 49.9 Å². The van der Waals surface area contributed by atoms with E-state index in [1.807, 2.05) is 37.4 Å². The highest BCUT2D eigenvalue weighted by Gasteiger charge is 2.28. The molecule has 1 aromatic carbocycles. The van der Waals surface area contributed by atoms with Crippen LogP contribution in [0.25, 0.3) is 21.6 Å². The van der Waals surface area contributed by atoms with Crippen LogP contribution in [0, 0.1) is 11.8 Å². The molecule has 2 atom stereocenters. The zero-order valence-electron chi connectivity index (χ0n) is 20.9. The number of hydrogen-bond donors (Lipinski definition) is 2. The van der Waals surface area contributed by atoms with Crippen LogP contribution in [0.2, 0.25) is 0 Å². The van der Waals surface area contributed by atoms with Gasteiger partial charge in [-0.05, 0) is 61.6 Å². The van der Waals surface area contributed by atoms with Gasteiger partial charge in [0.2, 0.25) is 0 Å². The molecule has 7 nitrogen and oxygen atoms in total. The number of sulfonamides is 1. The minimum Gasteiger partial charge on any atom is -0.396 e. The number of fused-ring (bicyclic) bond motifs is 1. The van der Waals surface area contributed by atoms with Crippen molar-refractivity contribution in [2.75, 3.05) is 30.7 Å². The maximum absolute atomic E-state index is 13.6. The van der Waals surface area contributed by atoms with Gasteiger partial charge in [0.15, 0.2) is 0 Å². The molecule has 1 aliphatic rings. The number of nitrogens with zero attached hydrogens (tertiary/aromatic N) is 2. The Kier molecular flexibility index (Phi) is 8.31. The number of benzene rings is 1. The Hall–Kier alpha value is -2.24. The predicted octanol–water partition coefficient (Wildman–Crippen LogP) is 5.93. The molecule has 0 spiro atoms. The van der Waals surface area contributed by atoms with Gasteiger partial charge in [0.25, 0.3) is 10.0 Å². The molecule has 198 valence electrons. The van der Waals surface area contributed by atoms with Crippen molar-refractivity contribution in [2.45, 2.75) is 43.2 Å². The number of hydrogen-bond acceptors (Lipinski definition) is 7. The zero-order chi connectivity index (χ0) is 25.8. The normalized spacial score (nSPS) is 18.4. The number of aliphatic hydroxyl groups excluding tert-OH is 1. The molecule has 37 heavy (non-hydrogen) atoms. The van der Waals surface area contributed by atoms with E-state index in [4.69, 9.17) is 9.72 Å². The summed E-state index contributed by atoms with van der Waals surface area (Å²) >= 11 is 2.88. The summed E-state index contributed by atoms with van der Waals surface area (Å²) in [5.41, 5.74) is 2.24. The van der Waals surface area contributed by atoms with Crippen LogP contribution >= 0.6 is 22.7 Å². The topological polar surface area (TPSA) is 95.5 Å². The molecule has 0 aliphatic heterocycles. The molecule has 10 heteroatoms. The highest BCUT2D eigenvalue weighted by Crippen LogP contribution is 2.37. The van der Waals surface area contributed by atoms with Gasteiger partial charge in [-0.25, -0.2) is 13.4 Å². The number of rotatable bonds is 11. The van der Waals surface area contributed by atoms with Gasteiger partial charge in [-0.15, -0.1) is 22.7 Å². The summed E-state index contributed by atoms with van der Waals surface area (Å²) < 4.78 is 34.5. The number of para-hydroxylation sites is 1. The van der Waals surface area contributed by atoms with Crippen molar-refractivity contribution >= 4 is 49.3 Å². The van der Waals surface area contributed by atoms with Gasteiger partial charge in [-0.2, -0.15) is 0 Å². The van der Waals surface area contributed by atoms with E-state index < -0.39 is 10.0 Å². The smallest absolute Gasteiger partial charge is 0.273 e. The second kappa shape index (κ2) is 11.7. The average molecular weight is 560 g/mol. The first-order valence-corrected chi connectivity index (χ1v) is 16.0. The molecule has 0 amide bonds. The Morgan fingerprint density at radius 3 is 2.78 bits per heavy atom. The molecule has 3 heterocycles. The Morgan fingerprint density at radius 1 is 1.19 bits per heavy atom. The molecule has 1 saturated carbocycles. The Labute approximate surface area is 226 Å². The van der Waals surface area contributed by atoms with Gasteiger partial charge in [0.1, 0.15) is 9.22 Å². The molecule has 0 saturated heterocycles. The van der Waals surface area contributed by atoms with Gasteiger partial charge in [0, 0.05) is 29.7 Å². The third-order valence-electron chi connectivity index (χ3n) is 7.13. The van der Waals surface area contributed by atoms with Crippen molar-refractivity contribution in [3.05, 3.63) is 52.9 Å². The Bertz CT molecular complexity index is 1410. The van der Waals surface area contributed by atoms with E-state index in [-0.39, 0.29) is 13.2 Å². The van der Waals surface area contributed by atoms with E-state index in [0.717, 1.165) is 40.9 Å². The molecule has 2 N–H and O–H groups in total. The molecule has 1 fully saturated rings. The number of H-pyrrole nitrogens is 1. The van der Waals surface area contributed by atoms with E-state index in [1.54, 1.807) is 28.8 Å². The van der Waals surface area contributed by atoms with Crippen LogP contribution in [0.5, 0.6) is 0 Å². The van der Waals surface area contributed by atoms with E-state index in [1.165, 1.54) is 33.4 Å². The first kappa shape index (κ1) is 26.4. The fourth-order valence-corrected chi connectivity index (χ4v) is 8.76. The van der Waals surface area contributed by atoms with Crippen molar-refractivity contribution < 1.29 is 18.3 Å². The first-order chi connectivity index (χ1) is 18.0. The summed E-state index contributed by atoms with van der Waals surface area (Å²) in [5.74, 6) is 0.880. The molecule has 2 unspecified atom stereocenters. The zero-order valence-corrected chi connectivity index (χ0v) is 23.4. The fraction of sp³-hybridized carbons (Fsp3) is 0.444. The Morgan fingerprint density at radius 2 is 2.03 bits per heavy atom.